The van der Waals surface area contributed by atoms with Crippen molar-refractivity contribution in [1.82, 2.24) is 0 Å². The summed E-state index contributed by atoms with van der Waals surface area (Å²) in [6, 6.07) is 12.0. The van der Waals surface area contributed by atoms with E-state index in [1.165, 1.54) is 26.2 Å². The summed E-state index contributed by atoms with van der Waals surface area (Å²) in [5.41, 5.74) is 1.93. The number of phenolic OH excluding ortho intramolecular Hbond substituents is 1. The van der Waals surface area contributed by atoms with Crippen LogP contribution in [0.5, 0.6) is 11.5 Å². The lowest BCUT2D eigenvalue weighted by molar-refractivity contribution is -0.126. The van der Waals surface area contributed by atoms with Gasteiger partial charge in [0.1, 0.15) is 17.1 Å². The molecule has 1 aliphatic rings. The largest absolute Gasteiger partial charge is 0.507 e. The lowest BCUT2D eigenvalue weighted by Crippen LogP contribution is -2.43. The third-order valence-corrected chi connectivity index (χ3v) is 4.50. The van der Waals surface area contributed by atoms with Gasteiger partial charge in [0.15, 0.2) is 6.10 Å². The highest BCUT2D eigenvalue weighted by Gasteiger charge is 2.34. The van der Waals surface area contributed by atoms with Crippen molar-refractivity contribution in [1.29, 1.82) is 0 Å². The smallest absolute Gasteiger partial charge is 0.342 e. The SMILES string of the molecule is COc1ccc(C(=O)O[C@H](C)C(=O)N2c3ccccc3C[C@H]2C)c(O)c1. The Morgan fingerprint density at radius 1 is 1.23 bits per heavy atom. The minimum atomic E-state index is -0.974. The Balaban J connectivity index is 1.75. The molecule has 0 fully saturated rings. The highest BCUT2D eigenvalue weighted by Crippen LogP contribution is 2.32. The number of rotatable bonds is 4. The summed E-state index contributed by atoms with van der Waals surface area (Å²) >= 11 is 0. The van der Waals surface area contributed by atoms with Crippen LogP contribution in [0.15, 0.2) is 42.5 Å². The molecule has 2 atom stereocenters. The molecule has 0 saturated heterocycles. The van der Waals surface area contributed by atoms with E-state index in [4.69, 9.17) is 9.47 Å². The molecule has 0 aliphatic carbocycles. The Bertz CT molecular complexity index is 848. The molecule has 26 heavy (non-hydrogen) atoms. The van der Waals surface area contributed by atoms with Gasteiger partial charge in [-0.1, -0.05) is 18.2 Å². The van der Waals surface area contributed by atoms with Crippen LogP contribution in [0.3, 0.4) is 0 Å². The first-order valence-corrected chi connectivity index (χ1v) is 8.41. The van der Waals surface area contributed by atoms with Gasteiger partial charge in [0.05, 0.1) is 7.11 Å². The van der Waals surface area contributed by atoms with Crippen LogP contribution in [0.1, 0.15) is 29.8 Å². The molecule has 1 heterocycles. The second-order valence-corrected chi connectivity index (χ2v) is 6.32. The number of esters is 1. The summed E-state index contributed by atoms with van der Waals surface area (Å²) in [7, 11) is 1.46. The number of phenols is 1. The van der Waals surface area contributed by atoms with Crippen LogP contribution in [0, 0.1) is 0 Å². The summed E-state index contributed by atoms with van der Waals surface area (Å²) in [5, 5.41) is 9.95. The van der Waals surface area contributed by atoms with Gasteiger partial charge in [-0.2, -0.15) is 0 Å². The molecule has 1 aliphatic heterocycles. The van der Waals surface area contributed by atoms with Crippen LogP contribution in [0.2, 0.25) is 0 Å². The van der Waals surface area contributed by atoms with Crippen LogP contribution < -0.4 is 9.64 Å². The first-order valence-electron chi connectivity index (χ1n) is 8.41. The number of amides is 1. The molecule has 2 aromatic carbocycles. The van der Waals surface area contributed by atoms with Gasteiger partial charge < -0.3 is 19.5 Å². The third-order valence-electron chi connectivity index (χ3n) is 4.50. The quantitative estimate of drug-likeness (QED) is 0.854. The summed E-state index contributed by atoms with van der Waals surface area (Å²) in [6.07, 6.45) is -0.209. The van der Waals surface area contributed by atoms with Gasteiger partial charge in [-0.25, -0.2) is 4.79 Å². The standard InChI is InChI=1S/C20H21NO5/c1-12-10-14-6-4-5-7-17(14)21(12)19(23)13(2)26-20(24)16-9-8-15(25-3)11-18(16)22/h4-9,11-13,22H,10H2,1-3H3/t12-,13-/m1/s1. The topological polar surface area (TPSA) is 76.1 Å². The molecular formula is C20H21NO5. The molecule has 6 nitrogen and oxygen atoms in total. The average Bonchev–Trinajstić information content (AvgIpc) is 2.96. The van der Waals surface area contributed by atoms with E-state index in [0.717, 1.165) is 17.7 Å². The fraction of sp³-hybridized carbons (Fsp3) is 0.300. The maximum absolute atomic E-state index is 12.8. The Labute approximate surface area is 152 Å². The molecule has 3 rings (SSSR count). The van der Waals surface area contributed by atoms with Crippen molar-refractivity contribution in [2.75, 3.05) is 12.0 Å². The van der Waals surface area contributed by atoms with Crippen molar-refractivity contribution in [3.8, 4) is 11.5 Å². The molecule has 0 aromatic heterocycles. The average molecular weight is 355 g/mol. The first-order chi connectivity index (χ1) is 12.4. The molecule has 0 radical (unpaired) electrons. The molecule has 136 valence electrons. The monoisotopic (exact) mass is 355 g/mol. The summed E-state index contributed by atoms with van der Waals surface area (Å²) in [4.78, 5) is 26.8. The number of nitrogens with zero attached hydrogens (tertiary/aromatic N) is 1. The van der Waals surface area contributed by atoms with E-state index in [9.17, 15) is 14.7 Å². The predicted molar refractivity (Wildman–Crippen MR) is 96.6 cm³/mol. The Morgan fingerprint density at radius 3 is 2.65 bits per heavy atom. The van der Waals surface area contributed by atoms with Crippen LogP contribution in [-0.2, 0) is 16.0 Å². The van der Waals surface area contributed by atoms with E-state index < -0.39 is 12.1 Å². The Morgan fingerprint density at radius 2 is 1.96 bits per heavy atom. The van der Waals surface area contributed by atoms with E-state index in [0.29, 0.717) is 5.75 Å². The van der Waals surface area contributed by atoms with Gasteiger partial charge >= 0.3 is 5.97 Å². The molecule has 1 amide bonds. The molecule has 2 aromatic rings. The number of ether oxygens (including phenoxy) is 2. The highest BCUT2D eigenvalue weighted by atomic mass is 16.5. The molecule has 0 unspecified atom stereocenters. The normalized spacial score (nSPS) is 16.7. The highest BCUT2D eigenvalue weighted by molar-refractivity contribution is 6.01. The molecule has 6 heteroatoms. The fourth-order valence-electron chi connectivity index (χ4n) is 3.18. The van der Waals surface area contributed by atoms with Crippen molar-refractivity contribution in [2.24, 2.45) is 0 Å². The van der Waals surface area contributed by atoms with E-state index in [1.807, 2.05) is 31.2 Å². The Hall–Kier alpha value is -3.02. The predicted octanol–water partition coefficient (Wildman–Crippen LogP) is 2.92. The third kappa shape index (κ3) is 3.22. The van der Waals surface area contributed by atoms with Crippen LogP contribution in [0.25, 0.3) is 0 Å². The summed E-state index contributed by atoms with van der Waals surface area (Å²) in [6.45, 7) is 3.50. The minimum Gasteiger partial charge on any atom is -0.507 e. The number of fused-ring (bicyclic) bond motifs is 1. The van der Waals surface area contributed by atoms with E-state index in [-0.39, 0.29) is 23.3 Å². The van der Waals surface area contributed by atoms with Crippen molar-refractivity contribution < 1.29 is 24.2 Å². The number of benzene rings is 2. The number of carbonyl (C=O) groups excluding carboxylic acids is 2. The lowest BCUT2D eigenvalue weighted by Gasteiger charge is -2.26. The van der Waals surface area contributed by atoms with Gasteiger partial charge in [-0.05, 0) is 44.0 Å². The summed E-state index contributed by atoms with van der Waals surface area (Å²) in [5.74, 6) is -0.880. The van der Waals surface area contributed by atoms with Crippen LogP contribution in [0.4, 0.5) is 5.69 Å². The van der Waals surface area contributed by atoms with Crippen molar-refractivity contribution in [3.63, 3.8) is 0 Å². The molecule has 1 N–H and O–H groups in total. The lowest BCUT2D eigenvalue weighted by atomic mass is 10.1. The summed E-state index contributed by atoms with van der Waals surface area (Å²) < 4.78 is 10.3. The number of hydrogen-bond acceptors (Lipinski definition) is 5. The van der Waals surface area contributed by atoms with Gasteiger partial charge in [0, 0.05) is 17.8 Å². The molecule has 0 bridgehead atoms. The number of anilines is 1. The zero-order valence-corrected chi connectivity index (χ0v) is 14.9. The van der Waals surface area contributed by atoms with E-state index in [1.54, 1.807) is 11.0 Å². The fourth-order valence-corrected chi connectivity index (χ4v) is 3.18. The van der Waals surface area contributed by atoms with Crippen LogP contribution in [-0.4, -0.2) is 36.2 Å². The molecular weight excluding hydrogens is 334 g/mol. The number of aromatic hydroxyl groups is 1. The van der Waals surface area contributed by atoms with Crippen molar-refractivity contribution in [2.45, 2.75) is 32.4 Å². The van der Waals surface area contributed by atoms with Gasteiger partial charge in [0.2, 0.25) is 0 Å². The van der Waals surface area contributed by atoms with E-state index in [2.05, 4.69) is 0 Å². The zero-order valence-electron chi connectivity index (χ0n) is 14.9. The van der Waals surface area contributed by atoms with E-state index >= 15 is 0 Å². The molecule has 0 saturated carbocycles. The molecule has 0 spiro atoms. The number of hydrogen-bond donors (Lipinski definition) is 1. The van der Waals surface area contributed by atoms with Crippen molar-refractivity contribution in [3.05, 3.63) is 53.6 Å². The second-order valence-electron chi connectivity index (χ2n) is 6.32. The van der Waals surface area contributed by atoms with Gasteiger partial charge in [-0.15, -0.1) is 0 Å². The van der Waals surface area contributed by atoms with Gasteiger partial charge in [-0.3, -0.25) is 4.79 Å². The second kappa shape index (κ2) is 7.07. The number of methoxy groups -OCH3 is 1. The zero-order chi connectivity index (χ0) is 18.8. The van der Waals surface area contributed by atoms with Crippen LogP contribution >= 0.6 is 0 Å². The number of para-hydroxylation sites is 1. The minimum absolute atomic E-state index is 0.00422. The van der Waals surface area contributed by atoms with Gasteiger partial charge in [0.25, 0.3) is 5.91 Å². The maximum Gasteiger partial charge on any atom is 0.342 e. The maximum atomic E-state index is 12.8. The Kier molecular flexibility index (Phi) is 4.84. The van der Waals surface area contributed by atoms with Crippen molar-refractivity contribution >= 4 is 17.6 Å². The number of carbonyl (C=O) groups is 2. The first kappa shape index (κ1) is 17.8.